The minimum Gasteiger partial charge on any atom is -0.381 e. The van der Waals surface area contributed by atoms with Gasteiger partial charge in [-0.2, -0.15) is 0 Å². The fourth-order valence-electron chi connectivity index (χ4n) is 3.12. The number of rotatable bonds is 5. The molecule has 2 fully saturated rings. The van der Waals surface area contributed by atoms with Crippen molar-refractivity contribution in [3.05, 3.63) is 0 Å². The van der Waals surface area contributed by atoms with E-state index in [1.54, 1.807) is 0 Å². The largest absolute Gasteiger partial charge is 0.381 e. The van der Waals surface area contributed by atoms with Gasteiger partial charge in [-0.05, 0) is 51.4 Å². The molecule has 3 heteroatoms. The highest BCUT2D eigenvalue weighted by molar-refractivity contribution is 5.87. The maximum absolute atomic E-state index is 12.5. The Balaban J connectivity index is 1.91. The number of ketones is 1. The van der Waals surface area contributed by atoms with Crippen LogP contribution in [0.15, 0.2) is 0 Å². The second-order valence-corrected chi connectivity index (χ2v) is 5.32. The summed E-state index contributed by atoms with van der Waals surface area (Å²) in [5, 5.41) is 0. The number of carbonyl (C=O) groups excluding carboxylic acids is 1. The van der Waals surface area contributed by atoms with Crippen LogP contribution in [0.4, 0.5) is 0 Å². The van der Waals surface area contributed by atoms with Gasteiger partial charge in [0.1, 0.15) is 5.60 Å². The summed E-state index contributed by atoms with van der Waals surface area (Å²) in [5.74, 6) is 0.873. The van der Waals surface area contributed by atoms with Crippen molar-refractivity contribution >= 4 is 5.78 Å². The van der Waals surface area contributed by atoms with Crippen molar-refractivity contribution in [1.82, 2.24) is 0 Å². The molecule has 0 aromatic rings. The molecule has 2 rings (SSSR count). The van der Waals surface area contributed by atoms with Crippen molar-refractivity contribution in [3.63, 3.8) is 0 Å². The fraction of sp³-hybridized carbons (Fsp3) is 0.929. The number of hydrogen-bond acceptors (Lipinski definition) is 3. The molecule has 1 saturated carbocycles. The highest BCUT2D eigenvalue weighted by atomic mass is 16.5. The topological polar surface area (TPSA) is 35.5 Å². The molecule has 0 aromatic heterocycles. The minimum absolute atomic E-state index is 0.351. The van der Waals surface area contributed by atoms with Crippen LogP contribution in [-0.4, -0.2) is 31.2 Å². The summed E-state index contributed by atoms with van der Waals surface area (Å²) in [6, 6.07) is 0. The van der Waals surface area contributed by atoms with Gasteiger partial charge in [0.25, 0.3) is 0 Å². The van der Waals surface area contributed by atoms with Crippen molar-refractivity contribution < 1.29 is 14.3 Å². The molecule has 0 unspecified atom stereocenters. The Labute approximate surface area is 104 Å². The van der Waals surface area contributed by atoms with Gasteiger partial charge in [-0.15, -0.1) is 0 Å². The normalized spacial score (nSPS) is 25.0. The monoisotopic (exact) mass is 240 g/mol. The maximum Gasteiger partial charge on any atom is 0.164 e. The van der Waals surface area contributed by atoms with Crippen LogP contribution in [0, 0.1) is 5.92 Å². The van der Waals surface area contributed by atoms with Crippen molar-refractivity contribution in [2.75, 3.05) is 19.8 Å². The second kappa shape index (κ2) is 5.96. The van der Waals surface area contributed by atoms with Crippen LogP contribution in [0.3, 0.4) is 0 Å². The molecule has 98 valence electrons. The van der Waals surface area contributed by atoms with Gasteiger partial charge in [-0.25, -0.2) is 0 Å². The van der Waals surface area contributed by atoms with E-state index in [0.717, 1.165) is 51.7 Å². The smallest absolute Gasteiger partial charge is 0.164 e. The van der Waals surface area contributed by atoms with Crippen LogP contribution in [-0.2, 0) is 14.3 Å². The molecule has 1 aliphatic carbocycles. The van der Waals surface area contributed by atoms with E-state index in [-0.39, 0.29) is 0 Å². The molecule has 0 atom stereocenters. The van der Waals surface area contributed by atoms with Crippen molar-refractivity contribution in [2.45, 2.75) is 57.5 Å². The standard InChI is InChI=1S/C14H24O3/c1-2-17-14(7-3-4-8-14)13(15)11-12-5-9-16-10-6-12/h12H,2-11H2,1H3. The summed E-state index contributed by atoms with van der Waals surface area (Å²) in [6.07, 6.45) is 6.91. The number of carbonyl (C=O) groups is 1. The summed E-state index contributed by atoms with van der Waals surface area (Å²) in [4.78, 5) is 12.5. The Morgan fingerprint density at radius 1 is 1.29 bits per heavy atom. The summed E-state index contributed by atoms with van der Waals surface area (Å²) >= 11 is 0. The average Bonchev–Trinajstić information content (AvgIpc) is 2.81. The first-order valence-electron chi connectivity index (χ1n) is 7.02. The van der Waals surface area contributed by atoms with Crippen LogP contribution >= 0.6 is 0 Å². The molecule has 0 radical (unpaired) electrons. The Bertz CT molecular complexity index is 250. The van der Waals surface area contributed by atoms with E-state index in [1.165, 1.54) is 0 Å². The number of Topliss-reactive ketones (excluding diaryl/α,β-unsaturated/α-hetero) is 1. The summed E-state index contributed by atoms with van der Waals surface area (Å²) in [5.41, 5.74) is -0.424. The van der Waals surface area contributed by atoms with Gasteiger partial charge in [-0.1, -0.05) is 0 Å². The summed E-state index contributed by atoms with van der Waals surface area (Å²) in [6.45, 7) is 4.28. The lowest BCUT2D eigenvalue weighted by Crippen LogP contribution is -2.40. The van der Waals surface area contributed by atoms with E-state index < -0.39 is 5.60 Å². The molecule has 2 aliphatic rings. The lowest BCUT2D eigenvalue weighted by atomic mass is 9.86. The minimum atomic E-state index is -0.424. The maximum atomic E-state index is 12.5. The summed E-state index contributed by atoms with van der Waals surface area (Å²) < 4.78 is 11.1. The zero-order valence-electron chi connectivity index (χ0n) is 10.9. The Kier molecular flexibility index (Phi) is 4.57. The second-order valence-electron chi connectivity index (χ2n) is 5.32. The highest BCUT2D eigenvalue weighted by Crippen LogP contribution is 2.36. The first-order valence-corrected chi connectivity index (χ1v) is 7.02. The van der Waals surface area contributed by atoms with Crippen LogP contribution < -0.4 is 0 Å². The van der Waals surface area contributed by atoms with Crippen LogP contribution in [0.2, 0.25) is 0 Å². The van der Waals surface area contributed by atoms with Gasteiger partial charge in [0, 0.05) is 26.2 Å². The van der Waals surface area contributed by atoms with E-state index in [0.29, 0.717) is 24.7 Å². The van der Waals surface area contributed by atoms with Crippen molar-refractivity contribution in [2.24, 2.45) is 5.92 Å². The molecule has 1 aliphatic heterocycles. The zero-order chi connectivity index (χ0) is 12.1. The molecule has 3 nitrogen and oxygen atoms in total. The molecule has 0 aromatic carbocycles. The Hall–Kier alpha value is -0.410. The molecule has 0 amide bonds. The molecule has 1 heterocycles. The third-order valence-electron chi connectivity index (χ3n) is 4.15. The lowest BCUT2D eigenvalue weighted by molar-refractivity contribution is -0.145. The van der Waals surface area contributed by atoms with Gasteiger partial charge < -0.3 is 9.47 Å². The predicted molar refractivity (Wildman–Crippen MR) is 66.0 cm³/mol. The SMILES string of the molecule is CCOC1(C(=O)CC2CCOCC2)CCCC1. The molecule has 0 N–H and O–H groups in total. The quantitative estimate of drug-likeness (QED) is 0.741. The van der Waals surface area contributed by atoms with E-state index >= 15 is 0 Å². The first kappa shape index (κ1) is 13.0. The van der Waals surface area contributed by atoms with E-state index in [9.17, 15) is 4.79 Å². The molecular formula is C14H24O3. The predicted octanol–water partition coefficient (Wildman–Crippen LogP) is 2.72. The van der Waals surface area contributed by atoms with Crippen LogP contribution in [0.1, 0.15) is 51.9 Å². The van der Waals surface area contributed by atoms with Gasteiger partial charge in [0.05, 0.1) is 0 Å². The van der Waals surface area contributed by atoms with Gasteiger partial charge in [0.2, 0.25) is 0 Å². The molecular weight excluding hydrogens is 216 g/mol. The van der Waals surface area contributed by atoms with Crippen LogP contribution in [0.5, 0.6) is 0 Å². The van der Waals surface area contributed by atoms with Crippen LogP contribution in [0.25, 0.3) is 0 Å². The molecule has 1 saturated heterocycles. The Morgan fingerprint density at radius 2 is 1.94 bits per heavy atom. The third-order valence-corrected chi connectivity index (χ3v) is 4.15. The molecule has 0 bridgehead atoms. The number of ether oxygens (including phenoxy) is 2. The Morgan fingerprint density at radius 3 is 2.53 bits per heavy atom. The van der Waals surface area contributed by atoms with E-state index in [2.05, 4.69) is 0 Å². The summed E-state index contributed by atoms with van der Waals surface area (Å²) in [7, 11) is 0. The highest BCUT2D eigenvalue weighted by Gasteiger charge is 2.42. The van der Waals surface area contributed by atoms with Crippen molar-refractivity contribution in [3.8, 4) is 0 Å². The average molecular weight is 240 g/mol. The molecule has 17 heavy (non-hydrogen) atoms. The van der Waals surface area contributed by atoms with E-state index in [1.807, 2.05) is 6.92 Å². The third kappa shape index (κ3) is 3.08. The first-order chi connectivity index (χ1) is 8.27. The fourth-order valence-corrected chi connectivity index (χ4v) is 3.12. The van der Waals surface area contributed by atoms with Gasteiger partial charge >= 0.3 is 0 Å². The van der Waals surface area contributed by atoms with Crippen molar-refractivity contribution in [1.29, 1.82) is 0 Å². The van der Waals surface area contributed by atoms with E-state index in [4.69, 9.17) is 9.47 Å². The van der Waals surface area contributed by atoms with Gasteiger partial charge in [0.15, 0.2) is 5.78 Å². The number of hydrogen-bond donors (Lipinski definition) is 0. The lowest BCUT2D eigenvalue weighted by Gasteiger charge is -2.30. The van der Waals surface area contributed by atoms with Gasteiger partial charge in [-0.3, -0.25) is 4.79 Å². The molecule has 0 spiro atoms. The zero-order valence-corrected chi connectivity index (χ0v) is 10.9.